The lowest BCUT2D eigenvalue weighted by Gasteiger charge is -2.18. The second-order valence-electron chi connectivity index (χ2n) is 18.6. The second kappa shape index (κ2) is 20.6. The first-order valence-electron chi connectivity index (χ1n) is 23.5. The summed E-state index contributed by atoms with van der Waals surface area (Å²) in [5, 5.41) is 26.6. The summed E-state index contributed by atoms with van der Waals surface area (Å²) in [4.78, 5) is 29.0. The molecule has 336 valence electrons. The first-order chi connectivity index (χ1) is 30.0. The van der Waals surface area contributed by atoms with E-state index in [1.54, 1.807) is 6.92 Å². The largest absolute Gasteiger partial charge is 0.511 e. The molecule has 0 saturated carbocycles. The summed E-state index contributed by atoms with van der Waals surface area (Å²) < 4.78 is 5.81. The second-order valence-corrected chi connectivity index (χ2v) is 18.6. The van der Waals surface area contributed by atoms with Crippen LogP contribution in [0.15, 0.2) is 153 Å². The van der Waals surface area contributed by atoms with Crippen LogP contribution < -0.4 is 5.32 Å². The molecule has 6 rings (SSSR count). The lowest BCUT2D eigenvalue weighted by Crippen LogP contribution is -2.16. The average molecular weight is 853 g/mol. The van der Waals surface area contributed by atoms with Crippen LogP contribution >= 0.6 is 0 Å². The maximum atomic E-state index is 13.4. The van der Waals surface area contributed by atoms with Crippen LogP contribution in [-0.4, -0.2) is 46.0 Å². The smallest absolute Gasteiger partial charge is 0.306 e. The van der Waals surface area contributed by atoms with Crippen LogP contribution in [0.4, 0.5) is 0 Å². The van der Waals surface area contributed by atoms with Gasteiger partial charge in [0.25, 0.3) is 0 Å². The zero-order chi connectivity index (χ0) is 45.7. The van der Waals surface area contributed by atoms with E-state index in [-0.39, 0.29) is 30.8 Å². The Labute approximate surface area is 377 Å². The summed E-state index contributed by atoms with van der Waals surface area (Å²) in [6.07, 6.45) is 21.4. The van der Waals surface area contributed by atoms with E-state index in [4.69, 9.17) is 19.7 Å². The molecule has 8 heteroatoms. The van der Waals surface area contributed by atoms with Crippen molar-refractivity contribution in [3.63, 3.8) is 0 Å². The van der Waals surface area contributed by atoms with Crippen molar-refractivity contribution < 1.29 is 19.7 Å². The molecular weight excluding hydrogens is 781 g/mol. The lowest BCUT2D eigenvalue weighted by atomic mass is 9.85. The highest BCUT2D eigenvalue weighted by molar-refractivity contribution is 6.21. The number of aliphatic hydroxyl groups excluding tert-OH is 2. The van der Waals surface area contributed by atoms with E-state index in [2.05, 4.69) is 98.9 Å². The fraction of sp³-hybridized carbons (Fsp3) is 0.491. The van der Waals surface area contributed by atoms with Crippen LogP contribution in [-0.2, 0) is 9.53 Å². The average Bonchev–Trinajstić information content (AvgIpc) is 4.00. The van der Waals surface area contributed by atoms with Crippen molar-refractivity contribution >= 4 is 23.1 Å². The Kier molecular flexibility index (Phi) is 15.5. The number of nitrogens with one attached hydrogen (secondary N) is 1. The standard InChI is InChI=1S/C55H72N4O4/c1-13-40-35(8)44-29-47-50(39(12)60)37(10)53(58-47)38(11)52-36(9)42(54(59-52)43-28-48(61)51-41(14-2)46(57-55(43)51)30-45(40)56-44)24-25-49(62)63-27-26-34(7)23-17-22-33(6)21-16-20-32(5)19-15-18-31(3)4/h18,20,22,26,29-30,36,39,42,59-61H,13-17,19,21,23-25,27-28H2,1-12H3. The summed E-state index contributed by atoms with van der Waals surface area (Å²) in [5.41, 5.74) is 20.2. The van der Waals surface area contributed by atoms with E-state index in [1.165, 1.54) is 22.3 Å². The fourth-order valence-electron chi connectivity index (χ4n) is 9.93. The topological polar surface area (TPSA) is 116 Å². The third-order valence-corrected chi connectivity index (χ3v) is 13.6. The van der Waals surface area contributed by atoms with Gasteiger partial charge in [-0.05, 0) is 166 Å². The molecule has 1 saturated heterocycles. The molecule has 5 heterocycles. The normalized spacial score (nSPS) is 22.0. The van der Waals surface area contributed by atoms with Crippen LogP contribution in [0, 0.1) is 11.8 Å². The Morgan fingerprint density at radius 3 is 2.05 bits per heavy atom. The van der Waals surface area contributed by atoms with Gasteiger partial charge in [-0.25, -0.2) is 15.0 Å². The minimum Gasteiger partial charge on any atom is -0.511 e. The molecule has 0 aromatic carbocycles. The van der Waals surface area contributed by atoms with Gasteiger partial charge in [0.05, 0.1) is 40.3 Å². The molecule has 8 nitrogen and oxygen atoms in total. The molecule has 3 N–H and O–H groups in total. The predicted octanol–water partition coefficient (Wildman–Crippen LogP) is 13.3. The molecule has 6 aliphatic rings. The van der Waals surface area contributed by atoms with E-state index in [1.807, 2.05) is 19.1 Å². The molecule has 0 spiro atoms. The van der Waals surface area contributed by atoms with Gasteiger partial charge in [0, 0.05) is 52.8 Å². The van der Waals surface area contributed by atoms with Gasteiger partial charge in [0.15, 0.2) is 0 Å². The van der Waals surface area contributed by atoms with Gasteiger partial charge >= 0.3 is 5.97 Å². The Morgan fingerprint density at radius 1 is 0.794 bits per heavy atom. The summed E-state index contributed by atoms with van der Waals surface area (Å²) in [6, 6.07) is 0. The molecule has 8 bridgehead atoms. The molecule has 63 heavy (non-hydrogen) atoms. The Balaban J connectivity index is 1.20. The highest BCUT2D eigenvalue weighted by Crippen LogP contribution is 2.48. The van der Waals surface area contributed by atoms with Gasteiger partial charge in [-0.15, -0.1) is 0 Å². The summed E-state index contributed by atoms with van der Waals surface area (Å²) in [6.45, 7) is 25.6. The SMILES string of the molecule is CCC1=C2C=C3N=C(C=C4N=C(C(C)=C4C(C)O)C(C)=C4NC(=C5CC(O)=C1C5=N2)C(CCC(=O)OCC=C(C)CCC=C(C)CCC=C(C)CCC=C(C)C)C4C)C(C)=C3CC. The summed E-state index contributed by atoms with van der Waals surface area (Å²) in [7, 11) is 0. The minimum absolute atomic E-state index is 0.00632. The number of nitrogens with zero attached hydrogens (tertiary/aromatic N) is 3. The number of carbonyl (C=O) groups is 1. The molecule has 3 unspecified atom stereocenters. The number of carbonyl (C=O) groups excluding carboxylic acids is 1. The maximum absolute atomic E-state index is 13.4. The van der Waals surface area contributed by atoms with Gasteiger partial charge < -0.3 is 20.3 Å². The third-order valence-electron chi connectivity index (χ3n) is 13.6. The maximum Gasteiger partial charge on any atom is 0.306 e. The van der Waals surface area contributed by atoms with Gasteiger partial charge in [-0.3, -0.25) is 4.79 Å². The fourth-order valence-corrected chi connectivity index (χ4v) is 9.93. The number of hydrogen-bond donors (Lipinski definition) is 3. The first-order valence-corrected chi connectivity index (χ1v) is 23.5. The van der Waals surface area contributed by atoms with Gasteiger partial charge in [-0.1, -0.05) is 61.3 Å². The number of fused-ring (bicyclic) bond motifs is 5. The van der Waals surface area contributed by atoms with Crippen LogP contribution in [0.5, 0.6) is 0 Å². The highest BCUT2D eigenvalue weighted by Gasteiger charge is 2.42. The van der Waals surface area contributed by atoms with E-state index < -0.39 is 6.10 Å². The Bertz CT molecular complexity index is 2400. The first kappa shape index (κ1) is 47.4. The number of ether oxygens (including phenoxy) is 1. The van der Waals surface area contributed by atoms with Crippen molar-refractivity contribution in [2.45, 2.75) is 160 Å². The van der Waals surface area contributed by atoms with Crippen molar-refractivity contribution in [2.24, 2.45) is 26.8 Å². The third kappa shape index (κ3) is 10.5. The van der Waals surface area contributed by atoms with Crippen LogP contribution in [0.2, 0.25) is 0 Å². The monoisotopic (exact) mass is 853 g/mol. The summed E-state index contributed by atoms with van der Waals surface area (Å²) in [5.74, 6) is 0.0599. The van der Waals surface area contributed by atoms with Crippen molar-refractivity contribution in [2.75, 3.05) is 6.61 Å². The number of aliphatic imine (C=N–C) groups is 3. The quantitative estimate of drug-likeness (QED) is 0.0995. The Hall–Kier alpha value is -5.08. The lowest BCUT2D eigenvalue weighted by molar-refractivity contribution is -0.142. The van der Waals surface area contributed by atoms with Crippen LogP contribution in [0.3, 0.4) is 0 Å². The number of hydrogen-bond acceptors (Lipinski definition) is 8. The molecule has 1 aliphatic carbocycles. The minimum atomic E-state index is -0.724. The summed E-state index contributed by atoms with van der Waals surface area (Å²) >= 11 is 0. The number of rotatable bonds is 17. The van der Waals surface area contributed by atoms with Crippen LogP contribution in [0.1, 0.15) is 154 Å². The molecule has 0 amide bonds. The number of aliphatic hydroxyl groups is 2. The van der Waals surface area contributed by atoms with Crippen molar-refractivity contribution in [3.05, 3.63) is 138 Å². The molecule has 3 atom stereocenters. The zero-order valence-corrected chi connectivity index (χ0v) is 40.2. The predicted molar refractivity (Wildman–Crippen MR) is 262 cm³/mol. The Morgan fingerprint density at radius 2 is 1.43 bits per heavy atom. The van der Waals surface area contributed by atoms with Gasteiger partial charge in [-0.2, -0.15) is 0 Å². The molecule has 1 fully saturated rings. The van der Waals surface area contributed by atoms with E-state index >= 15 is 0 Å². The van der Waals surface area contributed by atoms with Gasteiger partial charge in [0.2, 0.25) is 0 Å². The number of allylic oxidation sites excluding steroid dienone is 18. The molecular formula is C55H72N4O4. The zero-order valence-electron chi connectivity index (χ0n) is 40.2. The van der Waals surface area contributed by atoms with Crippen molar-refractivity contribution in [1.29, 1.82) is 0 Å². The van der Waals surface area contributed by atoms with E-state index in [9.17, 15) is 15.0 Å². The highest BCUT2D eigenvalue weighted by atomic mass is 16.5. The van der Waals surface area contributed by atoms with Crippen molar-refractivity contribution in [3.8, 4) is 0 Å². The molecule has 0 radical (unpaired) electrons. The van der Waals surface area contributed by atoms with Crippen LogP contribution in [0.25, 0.3) is 0 Å². The van der Waals surface area contributed by atoms with E-state index in [0.717, 1.165) is 135 Å². The molecule has 0 aromatic heterocycles. The van der Waals surface area contributed by atoms with E-state index in [0.29, 0.717) is 25.0 Å². The number of esters is 1. The van der Waals surface area contributed by atoms with Gasteiger partial charge in [0.1, 0.15) is 12.4 Å². The van der Waals surface area contributed by atoms with Crippen molar-refractivity contribution in [1.82, 2.24) is 5.32 Å². The molecule has 0 aromatic rings. The molecule has 5 aliphatic heterocycles.